The fraction of sp³-hybridized carbons (Fsp3) is 0.478. The zero-order valence-corrected chi connectivity index (χ0v) is 18.5. The lowest BCUT2D eigenvalue weighted by atomic mass is 9.83. The van der Waals surface area contributed by atoms with E-state index >= 15 is 0 Å². The number of hydrogen-bond donors (Lipinski definition) is 2. The van der Waals surface area contributed by atoms with Gasteiger partial charge in [0.25, 0.3) is 5.91 Å². The number of carbonyl (C=O) groups is 2. The van der Waals surface area contributed by atoms with Crippen molar-refractivity contribution < 1.29 is 14.7 Å². The van der Waals surface area contributed by atoms with Crippen LogP contribution in [0.25, 0.3) is 10.9 Å². The first-order valence-electron chi connectivity index (χ1n) is 10.6. The third-order valence-corrected chi connectivity index (χ3v) is 6.85. The highest BCUT2D eigenvalue weighted by molar-refractivity contribution is 7.99. The van der Waals surface area contributed by atoms with Gasteiger partial charge in [0.2, 0.25) is 5.91 Å². The summed E-state index contributed by atoms with van der Waals surface area (Å²) in [4.78, 5) is 31.2. The standard InChI is InChI=1S/C22H24N4O2S.CH4O/c23-11-17-13-29-14-26(17)21(27)12-25-22(28)18-8-9-24-20-7-6-16(10-19(18)20)15-4-2-1-3-5-15;1-2/h6-10,15,17H,1-5,12-14H2,(H,25,28);2H,1H3. The highest BCUT2D eigenvalue weighted by Gasteiger charge is 2.29. The molecule has 2 aliphatic rings. The predicted octanol–water partition coefficient (Wildman–Crippen LogP) is 3.05. The number of fused-ring (bicyclic) bond motifs is 1. The first-order valence-corrected chi connectivity index (χ1v) is 11.7. The molecule has 0 radical (unpaired) electrons. The molecule has 0 bridgehead atoms. The summed E-state index contributed by atoms with van der Waals surface area (Å²) in [6, 6.07) is 9.64. The topological polar surface area (TPSA) is 106 Å². The molecule has 2 fully saturated rings. The van der Waals surface area contributed by atoms with E-state index in [-0.39, 0.29) is 18.4 Å². The van der Waals surface area contributed by atoms with Crippen molar-refractivity contribution in [2.75, 3.05) is 25.3 Å². The molecule has 4 rings (SSSR count). The van der Waals surface area contributed by atoms with Gasteiger partial charge < -0.3 is 15.3 Å². The van der Waals surface area contributed by atoms with Gasteiger partial charge >= 0.3 is 0 Å². The molecule has 164 valence electrons. The molecule has 1 aromatic carbocycles. The highest BCUT2D eigenvalue weighted by Crippen LogP contribution is 2.34. The number of pyridine rings is 1. The first-order chi connectivity index (χ1) is 15.2. The monoisotopic (exact) mass is 440 g/mol. The quantitative estimate of drug-likeness (QED) is 0.757. The summed E-state index contributed by atoms with van der Waals surface area (Å²) in [7, 11) is 1.00. The Morgan fingerprint density at radius 3 is 2.77 bits per heavy atom. The molecule has 2 N–H and O–H groups in total. The van der Waals surface area contributed by atoms with Crippen LogP contribution < -0.4 is 5.32 Å². The molecule has 2 aromatic rings. The van der Waals surface area contributed by atoms with E-state index < -0.39 is 6.04 Å². The van der Waals surface area contributed by atoms with Gasteiger partial charge in [0, 0.05) is 24.4 Å². The van der Waals surface area contributed by atoms with Gasteiger partial charge in [-0.1, -0.05) is 25.3 Å². The van der Waals surface area contributed by atoms with Crippen LogP contribution in [-0.4, -0.2) is 58.1 Å². The molecule has 8 heteroatoms. The van der Waals surface area contributed by atoms with Crippen LogP contribution in [0.2, 0.25) is 0 Å². The van der Waals surface area contributed by atoms with Gasteiger partial charge in [-0.2, -0.15) is 5.26 Å². The Labute approximate surface area is 186 Å². The number of nitriles is 1. The summed E-state index contributed by atoms with van der Waals surface area (Å²) in [5.41, 5.74) is 2.58. The van der Waals surface area contributed by atoms with Gasteiger partial charge in [-0.25, -0.2) is 0 Å². The van der Waals surface area contributed by atoms with Crippen molar-refractivity contribution >= 4 is 34.5 Å². The number of hydrogen-bond acceptors (Lipinski definition) is 6. The average Bonchev–Trinajstić information content (AvgIpc) is 3.32. The molecule has 1 unspecified atom stereocenters. The number of amides is 2. The van der Waals surface area contributed by atoms with Gasteiger partial charge in [-0.15, -0.1) is 11.8 Å². The van der Waals surface area contributed by atoms with Crippen LogP contribution >= 0.6 is 11.8 Å². The maximum Gasteiger partial charge on any atom is 0.252 e. The van der Waals surface area contributed by atoms with E-state index in [1.807, 2.05) is 6.07 Å². The Hall–Kier alpha value is -2.63. The Morgan fingerprint density at radius 1 is 1.26 bits per heavy atom. The Morgan fingerprint density at radius 2 is 2.03 bits per heavy atom. The number of carbonyl (C=O) groups excluding carboxylic acids is 2. The van der Waals surface area contributed by atoms with Crippen LogP contribution in [0.1, 0.15) is 53.9 Å². The molecule has 1 aliphatic carbocycles. The number of thioether (sulfide) groups is 1. The van der Waals surface area contributed by atoms with Crippen LogP contribution in [0.15, 0.2) is 30.5 Å². The van der Waals surface area contributed by atoms with E-state index in [0.717, 1.165) is 18.0 Å². The van der Waals surface area contributed by atoms with Crippen molar-refractivity contribution in [2.45, 2.75) is 44.1 Å². The van der Waals surface area contributed by atoms with Crippen LogP contribution in [-0.2, 0) is 4.79 Å². The molecule has 1 saturated carbocycles. The molecule has 7 nitrogen and oxygen atoms in total. The first kappa shape index (κ1) is 23.0. The molecule has 1 atom stereocenters. The zero-order valence-electron chi connectivity index (χ0n) is 17.7. The maximum atomic E-state index is 12.8. The normalized spacial score (nSPS) is 18.7. The number of nitrogens with one attached hydrogen (secondary N) is 1. The van der Waals surface area contributed by atoms with E-state index in [1.165, 1.54) is 42.6 Å². The molecule has 31 heavy (non-hydrogen) atoms. The summed E-state index contributed by atoms with van der Waals surface area (Å²) in [6.45, 7) is -0.107. The lowest BCUT2D eigenvalue weighted by Gasteiger charge is -2.22. The van der Waals surface area contributed by atoms with E-state index in [0.29, 0.717) is 23.1 Å². The minimum Gasteiger partial charge on any atom is -0.400 e. The third-order valence-electron chi connectivity index (χ3n) is 5.84. The summed E-state index contributed by atoms with van der Waals surface area (Å²) in [5.74, 6) is 1.15. The second-order valence-electron chi connectivity index (χ2n) is 7.66. The van der Waals surface area contributed by atoms with Gasteiger partial charge in [0.1, 0.15) is 6.04 Å². The highest BCUT2D eigenvalue weighted by atomic mass is 32.2. The van der Waals surface area contributed by atoms with Gasteiger partial charge in [0.05, 0.1) is 29.6 Å². The van der Waals surface area contributed by atoms with Crippen molar-refractivity contribution in [3.8, 4) is 6.07 Å². The second-order valence-corrected chi connectivity index (χ2v) is 8.66. The minimum absolute atomic E-state index is 0.107. The molecule has 2 amide bonds. The maximum absolute atomic E-state index is 12.8. The summed E-state index contributed by atoms with van der Waals surface area (Å²) >= 11 is 1.55. The molecule has 0 spiro atoms. The van der Waals surface area contributed by atoms with E-state index in [2.05, 4.69) is 28.5 Å². The van der Waals surface area contributed by atoms with Gasteiger partial charge in [-0.3, -0.25) is 14.6 Å². The third kappa shape index (κ3) is 5.35. The van der Waals surface area contributed by atoms with Gasteiger partial charge in [-0.05, 0) is 42.5 Å². The Bertz CT molecular complexity index is 969. The summed E-state index contributed by atoms with van der Waals surface area (Å²) in [5, 5.41) is 19.7. The second kappa shape index (κ2) is 11.1. The number of rotatable bonds is 4. The van der Waals surface area contributed by atoms with Crippen molar-refractivity contribution in [2.24, 2.45) is 0 Å². The molecule has 1 saturated heterocycles. The van der Waals surface area contributed by atoms with E-state index in [9.17, 15) is 9.59 Å². The van der Waals surface area contributed by atoms with Crippen LogP contribution in [0.4, 0.5) is 0 Å². The number of benzene rings is 1. The zero-order chi connectivity index (χ0) is 22.2. The van der Waals surface area contributed by atoms with Crippen LogP contribution in [0.3, 0.4) is 0 Å². The predicted molar refractivity (Wildman–Crippen MR) is 122 cm³/mol. The Balaban J connectivity index is 0.00000132. The largest absolute Gasteiger partial charge is 0.400 e. The summed E-state index contributed by atoms with van der Waals surface area (Å²) in [6.07, 6.45) is 7.82. The smallest absolute Gasteiger partial charge is 0.252 e. The molecule has 1 aromatic heterocycles. The minimum atomic E-state index is -0.413. The molecule has 2 heterocycles. The molecular weight excluding hydrogens is 412 g/mol. The number of aliphatic hydroxyl groups excluding tert-OH is 1. The van der Waals surface area contributed by atoms with Crippen LogP contribution in [0.5, 0.6) is 0 Å². The number of nitrogens with zero attached hydrogens (tertiary/aromatic N) is 3. The molecule has 1 aliphatic heterocycles. The van der Waals surface area contributed by atoms with Crippen LogP contribution in [0, 0.1) is 11.3 Å². The summed E-state index contributed by atoms with van der Waals surface area (Å²) < 4.78 is 0. The lowest BCUT2D eigenvalue weighted by Crippen LogP contribution is -2.42. The lowest BCUT2D eigenvalue weighted by molar-refractivity contribution is -0.129. The van der Waals surface area contributed by atoms with Crippen molar-refractivity contribution in [3.63, 3.8) is 0 Å². The van der Waals surface area contributed by atoms with Gasteiger partial charge in [0.15, 0.2) is 0 Å². The van der Waals surface area contributed by atoms with Crippen molar-refractivity contribution in [1.29, 1.82) is 5.26 Å². The number of aromatic nitrogens is 1. The fourth-order valence-corrected chi connectivity index (χ4v) is 5.30. The average molecular weight is 441 g/mol. The fourth-order valence-electron chi connectivity index (χ4n) is 4.20. The molecular formula is C23H28N4O3S. The van der Waals surface area contributed by atoms with E-state index in [4.69, 9.17) is 10.4 Å². The van der Waals surface area contributed by atoms with Crippen molar-refractivity contribution in [1.82, 2.24) is 15.2 Å². The Kier molecular flexibility index (Phi) is 8.27. The van der Waals surface area contributed by atoms with E-state index in [1.54, 1.807) is 24.0 Å². The SMILES string of the molecule is CO.N#CC1CSCN1C(=O)CNC(=O)c1ccnc2ccc(C3CCCCC3)cc12. The van der Waals surface area contributed by atoms with Crippen molar-refractivity contribution in [3.05, 3.63) is 41.6 Å². The number of aliphatic hydroxyl groups is 1.